The summed E-state index contributed by atoms with van der Waals surface area (Å²) >= 11 is 5.81. The Labute approximate surface area is 117 Å². The zero-order chi connectivity index (χ0) is 13.9. The van der Waals surface area contributed by atoms with Crippen molar-refractivity contribution in [1.82, 2.24) is 10.0 Å². The summed E-state index contributed by atoms with van der Waals surface area (Å²) in [7, 11) is -3.76. The van der Waals surface area contributed by atoms with Gasteiger partial charge in [-0.05, 0) is 50.0 Å². The van der Waals surface area contributed by atoms with E-state index in [4.69, 9.17) is 11.6 Å². The molecule has 0 spiro atoms. The molecule has 1 aliphatic rings. The molecule has 2 N–H and O–H groups in total. The fraction of sp³-hybridized carbons (Fsp3) is 0.500. The number of benzene rings is 1. The Morgan fingerprint density at radius 3 is 2.74 bits per heavy atom. The van der Waals surface area contributed by atoms with E-state index in [1.54, 1.807) is 0 Å². The van der Waals surface area contributed by atoms with Gasteiger partial charge in [-0.1, -0.05) is 11.6 Å². The highest BCUT2D eigenvalue weighted by Crippen LogP contribution is 2.22. The third-order valence-corrected chi connectivity index (χ3v) is 5.11. The standard InChI is InChI=1S/C12H16ClFN2O2S/c13-11-2-1-10(14)7-12(11)19(17,18)16-8-9-3-5-15-6-4-9/h1-2,7,9,15-16H,3-6,8H2. The molecule has 106 valence electrons. The van der Waals surface area contributed by atoms with Crippen molar-refractivity contribution in [3.05, 3.63) is 29.0 Å². The lowest BCUT2D eigenvalue weighted by Crippen LogP contribution is -2.36. The Kier molecular flexibility index (Phi) is 4.78. The number of halogens is 2. The Morgan fingerprint density at radius 1 is 1.37 bits per heavy atom. The van der Waals surface area contributed by atoms with Gasteiger partial charge in [0.25, 0.3) is 0 Å². The number of hydrogen-bond acceptors (Lipinski definition) is 3. The van der Waals surface area contributed by atoms with Gasteiger partial charge in [0.15, 0.2) is 0 Å². The van der Waals surface area contributed by atoms with E-state index in [-0.39, 0.29) is 9.92 Å². The van der Waals surface area contributed by atoms with Crippen LogP contribution in [0.1, 0.15) is 12.8 Å². The van der Waals surface area contributed by atoms with Crippen LogP contribution in [-0.2, 0) is 10.0 Å². The average Bonchev–Trinajstić information content (AvgIpc) is 2.40. The monoisotopic (exact) mass is 306 g/mol. The van der Waals surface area contributed by atoms with Crippen molar-refractivity contribution in [3.8, 4) is 0 Å². The van der Waals surface area contributed by atoms with Crippen LogP contribution in [0.25, 0.3) is 0 Å². The maximum atomic E-state index is 13.1. The highest BCUT2D eigenvalue weighted by molar-refractivity contribution is 7.89. The van der Waals surface area contributed by atoms with E-state index in [2.05, 4.69) is 10.0 Å². The Morgan fingerprint density at radius 2 is 2.05 bits per heavy atom. The molecular formula is C12H16ClFN2O2S. The molecule has 0 aromatic heterocycles. The lowest BCUT2D eigenvalue weighted by molar-refractivity contribution is 0.372. The van der Waals surface area contributed by atoms with Gasteiger partial charge in [0.05, 0.1) is 5.02 Å². The van der Waals surface area contributed by atoms with E-state index in [1.165, 1.54) is 6.07 Å². The molecule has 0 amide bonds. The van der Waals surface area contributed by atoms with Crippen molar-refractivity contribution in [2.24, 2.45) is 5.92 Å². The second-order valence-electron chi connectivity index (χ2n) is 4.62. The lowest BCUT2D eigenvalue weighted by atomic mass is 9.99. The molecule has 1 fully saturated rings. The predicted octanol–water partition coefficient (Wildman–Crippen LogP) is 1.76. The van der Waals surface area contributed by atoms with Crippen LogP contribution >= 0.6 is 11.6 Å². The maximum absolute atomic E-state index is 13.1. The first kappa shape index (κ1) is 14.7. The summed E-state index contributed by atoms with van der Waals surface area (Å²) in [5.41, 5.74) is 0. The minimum atomic E-state index is -3.76. The fourth-order valence-electron chi connectivity index (χ4n) is 2.07. The Hall–Kier alpha value is -0.690. The quantitative estimate of drug-likeness (QED) is 0.891. The third-order valence-electron chi connectivity index (χ3n) is 3.20. The molecule has 19 heavy (non-hydrogen) atoms. The van der Waals surface area contributed by atoms with Crippen molar-refractivity contribution < 1.29 is 12.8 Å². The average molecular weight is 307 g/mol. The number of sulfonamides is 1. The topological polar surface area (TPSA) is 58.2 Å². The zero-order valence-electron chi connectivity index (χ0n) is 10.3. The first-order valence-corrected chi connectivity index (χ1v) is 8.00. The zero-order valence-corrected chi connectivity index (χ0v) is 11.9. The van der Waals surface area contributed by atoms with Crippen molar-refractivity contribution in [3.63, 3.8) is 0 Å². The van der Waals surface area contributed by atoms with E-state index in [0.717, 1.165) is 38.1 Å². The van der Waals surface area contributed by atoms with Crippen LogP contribution in [0.4, 0.5) is 4.39 Å². The molecule has 0 bridgehead atoms. The van der Waals surface area contributed by atoms with E-state index in [0.29, 0.717) is 12.5 Å². The summed E-state index contributed by atoms with van der Waals surface area (Å²) < 4.78 is 39.8. The number of hydrogen-bond donors (Lipinski definition) is 2. The van der Waals surface area contributed by atoms with Gasteiger partial charge in [-0.2, -0.15) is 0 Å². The molecule has 1 heterocycles. The minimum absolute atomic E-state index is 0.0270. The smallest absolute Gasteiger partial charge is 0.242 e. The molecule has 4 nitrogen and oxygen atoms in total. The highest BCUT2D eigenvalue weighted by atomic mass is 35.5. The van der Waals surface area contributed by atoms with Crippen molar-refractivity contribution in [2.75, 3.05) is 19.6 Å². The number of piperidine rings is 1. The molecule has 0 unspecified atom stereocenters. The van der Waals surface area contributed by atoms with E-state index in [1.807, 2.05) is 0 Å². The van der Waals surface area contributed by atoms with Gasteiger partial charge in [0.2, 0.25) is 10.0 Å². The second kappa shape index (κ2) is 6.17. The highest BCUT2D eigenvalue weighted by Gasteiger charge is 2.21. The molecule has 1 saturated heterocycles. The van der Waals surface area contributed by atoms with Crippen LogP contribution in [0.2, 0.25) is 5.02 Å². The van der Waals surface area contributed by atoms with Crippen molar-refractivity contribution >= 4 is 21.6 Å². The van der Waals surface area contributed by atoms with Crippen molar-refractivity contribution in [2.45, 2.75) is 17.7 Å². The Bertz CT molecular complexity index is 545. The van der Waals surface area contributed by atoms with Gasteiger partial charge in [0, 0.05) is 6.54 Å². The van der Waals surface area contributed by atoms with Crippen LogP contribution in [0.5, 0.6) is 0 Å². The molecule has 1 aromatic carbocycles. The van der Waals surface area contributed by atoms with Gasteiger partial charge in [-0.25, -0.2) is 17.5 Å². The molecule has 0 saturated carbocycles. The molecule has 0 atom stereocenters. The third kappa shape index (κ3) is 3.89. The Balaban J connectivity index is 2.07. The fourth-order valence-corrected chi connectivity index (χ4v) is 3.70. The molecule has 0 aliphatic carbocycles. The largest absolute Gasteiger partial charge is 0.317 e. The molecule has 2 rings (SSSR count). The number of nitrogens with one attached hydrogen (secondary N) is 2. The predicted molar refractivity (Wildman–Crippen MR) is 72.2 cm³/mol. The SMILES string of the molecule is O=S(=O)(NCC1CCNCC1)c1cc(F)ccc1Cl. The van der Waals surface area contributed by atoms with E-state index < -0.39 is 15.8 Å². The summed E-state index contributed by atoms with van der Waals surface area (Å²) in [4.78, 5) is -0.205. The second-order valence-corrected chi connectivity index (χ2v) is 6.76. The summed E-state index contributed by atoms with van der Waals surface area (Å²) in [5, 5.41) is 3.24. The van der Waals surface area contributed by atoms with Gasteiger partial charge in [0.1, 0.15) is 10.7 Å². The molecule has 1 aliphatic heterocycles. The molecule has 1 aromatic rings. The minimum Gasteiger partial charge on any atom is -0.317 e. The summed E-state index contributed by atoms with van der Waals surface area (Å²) in [6, 6.07) is 3.32. The maximum Gasteiger partial charge on any atom is 0.242 e. The number of rotatable bonds is 4. The summed E-state index contributed by atoms with van der Waals surface area (Å²) in [5.74, 6) is -0.310. The van der Waals surface area contributed by atoms with Crippen LogP contribution in [0.3, 0.4) is 0 Å². The molecular weight excluding hydrogens is 291 g/mol. The first-order valence-electron chi connectivity index (χ1n) is 6.14. The van der Waals surface area contributed by atoms with E-state index in [9.17, 15) is 12.8 Å². The molecule has 0 radical (unpaired) electrons. The van der Waals surface area contributed by atoms with Crippen molar-refractivity contribution in [1.29, 1.82) is 0 Å². The summed E-state index contributed by atoms with van der Waals surface area (Å²) in [6.07, 6.45) is 1.86. The van der Waals surface area contributed by atoms with Crippen LogP contribution < -0.4 is 10.0 Å². The van der Waals surface area contributed by atoms with Crippen LogP contribution in [0, 0.1) is 11.7 Å². The van der Waals surface area contributed by atoms with Gasteiger partial charge in [-0.15, -0.1) is 0 Å². The molecule has 7 heteroatoms. The van der Waals surface area contributed by atoms with Gasteiger partial charge in [-0.3, -0.25) is 0 Å². The normalized spacial score (nSPS) is 17.6. The summed E-state index contributed by atoms with van der Waals surface area (Å²) in [6.45, 7) is 2.15. The van der Waals surface area contributed by atoms with E-state index >= 15 is 0 Å². The van der Waals surface area contributed by atoms with Crippen LogP contribution in [0.15, 0.2) is 23.1 Å². The lowest BCUT2D eigenvalue weighted by Gasteiger charge is -2.22. The van der Waals surface area contributed by atoms with Gasteiger partial charge >= 0.3 is 0 Å². The van der Waals surface area contributed by atoms with Crippen LogP contribution in [-0.4, -0.2) is 28.1 Å². The first-order chi connectivity index (χ1) is 8.99. The van der Waals surface area contributed by atoms with Gasteiger partial charge < -0.3 is 5.32 Å².